The molecule has 2 rings (SSSR count). The summed E-state index contributed by atoms with van der Waals surface area (Å²) in [6.07, 6.45) is 0.462. The third-order valence-corrected chi connectivity index (χ3v) is 2.81. The Labute approximate surface area is 91.1 Å². The van der Waals surface area contributed by atoms with E-state index in [-0.39, 0.29) is 0 Å². The maximum Gasteiger partial charge on any atom is 0.0669 e. The second kappa shape index (κ2) is 3.81. The molecule has 0 amide bonds. The van der Waals surface area contributed by atoms with E-state index in [1.807, 2.05) is 18.2 Å². The van der Waals surface area contributed by atoms with Crippen molar-refractivity contribution in [3.63, 3.8) is 0 Å². The molecule has 2 heteroatoms. The molecular weight excluding hydrogens is 238 g/mol. The second-order valence-electron chi connectivity index (χ2n) is 3.13. The molecule has 2 aromatic rings. The predicted molar refractivity (Wildman–Crippen MR) is 61.0 cm³/mol. The lowest BCUT2D eigenvalue weighted by molar-refractivity contribution is 1.27. The van der Waals surface area contributed by atoms with Crippen LogP contribution < -0.4 is 0 Å². The summed E-state index contributed by atoms with van der Waals surface area (Å²) in [6, 6.07) is 14.4. The largest absolute Gasteiger partial charge is 0.198 e. The SMILES string of the molecule is N#CCc1cc(Br)c2ccccc2c1. The van der Waals surface area contributed by atoms with E-state index in [9.17, 15) is 0 Å². The topological polar surface area (TPSA) is 23.8 Å². The quantitative estimate of drug-likeness (QED) is 0.753. The van der Waals surface area contributed by atoms with Gasteiger partial charge >= 0.3 is 0 Å². The highest BCUT2D eigenvalue weighted by atomic mass is 79.9. The van der Waals surface area contributed by atoms with Gasteiger partial charge in [0.25, 0.3) is 0 Å². The molecule has 0 radical (unpaired) electrons. The van der Waals surface area contributed by atoms with Gasteiger partial charge in [-0.2, -0.15) is 5.26 Å². The first kappa shape index (κ1) is 9.23. The van der Waals surface area contributed by atoms with Gasteiger partial charge in [0.1, 0.15) is 0 Å². The molecule has 0 bridgehead atoms. The maximum atomic E-state index is 8.62. The van der Waals surface area contributed by atoms with E-state index in [4.69, 9.17) is 5.26 Å². The fraction of sp³-hybridized carbons (Fsp3) is 0.0833. The highest BCUT2D eigenvalue weighted by molar-refractivity contribution is 9.10. The Morgan fingerprint density at radius 3 is 2.79 bits per heavy atom. The van der Waals surface area contributed by atoms with Gasteiger partial charge < -0.3 is 0 Å². The van der Waals surface area contributed by atoms with E-state index < -0.39 is 0 Å². The maximum absolute atomic E-state index is 8.62. The number of hydrogen-bond acceptors (Lipinski definition) is 1. The molecule has 0 aromatic heterocycles. The van der Waals surface area contributed by atoms with E-state index in [2.05, 4.69) is 40.2 Å². The summed E-state index contributed by atoms with van der Waals surface area (Å²) in [5, 5.41) is 11.0. The first-order valence-electron chi connectivity index (χ1n) is 4.35. The molecule has 0 fully saturated rings. The van der Waals surface area contributed by atoms with Crippen LogP contribution in [-0.2, 0) is 6.42 Å². The smallest absolute Gasteiger partial charge is 0.0669 e. The van der Waals surface area contributed by atoms with Crippen molar-refractivity contribution in [3.05, 3.63) is 46.4 Å². The molecule has 68 valence electrons. The first-order valence-corrected chi connectivity index (χ1v) is 5.14. The lowest BCUT2D eigenvalue weighted by Gasteiger charge is -2.02. The number of halogens is 1. The summed E-state index contributed by atoms with van der Waals surface area (Å²) in [6.45, 7) is 0. The average Bonchev–Trinajstić information content (AvgIpc) is 2.18. The van der Waals surface area contributed by atoms with Crippen LogP contribution in [0.15, 0.2) is 40.9 Å². The van der Waals surface area contributed by atoms with Gasteiger partial charge in [-0.3, -0.25) is 0 Å². The molecule has 0 aliphatic rings. The van der Waals surface area contributed by atoms with Crippen LogP contribution >= 0.6 is 15.9 Å². The third-order valence-electron chi connectivity index (χ3n) is 2.15. The van der Waals surface area contributed by atoms with Crippen LogP contribution in [-0.4, -0.2) is 0 Å². The third kappa shape index (κ3) is 1.64. The van der Waals surface area contributed by atoms with Crippen LogP contribution in [0.2, 0.25) is 0 Å². The summed E-state index contributed by atoms with van der Waals surface area (Å²) in [7, 11) is 0. The lowest BCUT2D eigenvalue weighted by Crippen LogP contribution is -1.83. The number of nitrogens with zero attached hydrogens (tertiary/aromatic N) is 1. The molecule has 2 aromatic carbocycles. The molecular formula is C12H8BrN. The normalized spacial score (nSPS) is 10.0. The zero-order valence-electron chi connectivity index (χ0n) is 7.50. The highest BCUT2D eigenvalue weighted by Gasteiger charge is 2.00. The Morgan fingerprint density at radius 2 is 2.00 bits per heavy atom. The summed E-state index contributed by atoms with van der Waals surface area (Å²) < 4.78 is 1.06. The minimum atomic E-state index is 0.462. The van der Waals surface area contributed by atoms with E-state index in [1.165, 1.54) is 10.8 Å². The van der Waals surface area contributed by atoms with Crippen molar-refractivity contribution in [2.24, 2.45) is 0 Å². The van der Waals surface area contributed by atoms with Crippen LogP contribution in [0.4, 0.5) is 0 Å². The van der Waals surface area contributed by atoms with Crippen molar-refractivity contribution in [1.29, 1.82) is 5.26 Å². The minimum absolute atomic E-state index is 0.462. The number of benzene rings is 2. The van der Waals surface area contributed by atoms with Gasteiger partial charge in [-0.05, 0) is 22.4 Å². The van der Waals surface area contributed by atoms with Crippen molar-refractivity contribution < 1.29 is 0 Å². The van der Waals surface area contributed by atoms with Crippen molar-refractivity contribution >= 4 is 26.7 Å². The number of hydrogen-bond donors (Lipinski definition) is 0. The summed E-state index contributed by atoms with van der Waals surface area (Å²) >= 11 is 3.51. The molecule has 0 N–H and O–H groups in total. The van der Waals surface area contributed by atoms with E-state index in [0.29, 0.717) is 6.42 Å². The Bertz CT molecular complexity index is 511. The van der Waals surface area contributed by atoms with E-state index >= 15 is 0 Å². The first-order chi connectivity index (χ1) is 6.81. The lowest BCUT2D eigenvalue weighted by atomic mass is 10.1. The molecule has 0 aliphatic carbocycles. The van der Waals surface area contributed by atoms with Crippen LogP contribution in [0.5, 0.6) is 0 Å². The number of rotatable bonds is 1. The fourth-order valence-corrected chi connectivity index (χ4v) is 2.17. The second-order valence-corrected chi connectivity index (χ2v) is 3.99. The van der Waals surface area contributed by atoms with Gasteiger partial charge in [0.05, 0.1) is 12.5 Å². The summed E-state index contributed by atoms with van der Waals surface area (Å²) in [5.74, 6) is 0. The van der Waals surface area contributed by atoms with Crippen molar-refractivity contribution in [2.45, 2.75) is 6.42 Å². The molecule has 0 spiro atoms. The van der Waals surface area contributed by atoms with Gasteiger partial charge in [-0.25, -0.2) is 0 Å². The molecule has 0 saturated heterocycles. The molecule has 0 atom stereocenters. The van der Waals surface area contributed by atoms with Gasteiger partial charge in [-0.1, -0.05) is 46.3 Å². The van der Waals surface area contributed by atoms with Gasteiger partial charge in [0.2, 0.25) is 0 Å². The fourth-order valence-electron chi connectivity index (χ4n) is 1.52. The molecule has 0 aliphatic heterocycles. The van der Waals surface area contributed by atoms with Gasteiger partial charge in [0, 0.05) is 4.47 Å². The van der Waals surface area contributed by atoms with Crippen LogP contribution in [0.1, 0.15) is 5.56 Å². The minimum Gasteiger partial charge on any atom is -0.198 e. The predicted octanol–water partition coefficient (Wildman–Crippen LogP) is 3.67. The average molecular weight is 246 g/mol. The monoisotopic (exact) mass is 245 g/mol. The van der Waals surface area contributed by atoms with Crippen LogP contribution in [0.25, 0.3) is 10.8 Å². The van der Waals surface area contributed by atoms with Crippen molar-refractivity contribution in [1.82, 2.24) is 0 Å². The molecule has 14 heavy (non-hydrogen) atoms. The summed E-state index contributed by atoms with van der Waals surface area (Å²) in [4.78, 5) is 0. The molecule has 0 unspecified atom stereocenters. The van der Waals surface area contributed by atoms with Crippen molar-refractivity contribution in [3.8, 4) is 6.07 Å². The molecule has 0 saturated carbocycles. The Kier molecular flexibility index (Phi) is 2.51. The Balaban J connectivity index is 2.67. The number of nitriles is 1. The van der Waals surface area contributed by atoms with Crippen LogP contribution in [0, 0.1) is 11.3 Å². The van der Waals surface area contributed by atoms with E-state index in [1.54, 1.807) is 0 Å². The molecule has 0 heterocycles. The summed E-state index contributed by atoms with van der Waals surface area (Å²) in [5.41, 5.74) is 1.05. The van der Waals surface area contributed by atoms with Crippen molar-refractivity contribution in [2.75, 3.05) is 0 Å². The van der Waals surface area contributed by atoms with Gasteiger partial charge in [-0.15, -0.1) is 0 Å². The zero-order chi connectivity index (χ0) is 9.97. The van der Waals surface area contributed by atoms with Gasteiger partial charge in [0.15, 0.2) is 0 Å². The Morgan fingerprint density at radius 1 is 1.21 bits per heavy atom. The standard InChI is InChI=1S/C12H8BrN/c13-12-8-9(5-6-14)7-10-3-1-2-4-11(10)12/h1-4,7-8H,5H2. The Hall–Kier alpha value is -1.33. The van der Waals surface area contributed by atoms with Crippen LogP contribution in [0.3, 0.4) is 0 Å². The van der Waals surface area contributed by atoms with E-state index in [0.717, 1.165) is 10.0 Å². The highest BCUT2D eigenvalue weighted by Crippen LogP contribution is 2.25. The zero-order valence-corrected chi connectivity index (χ0v) is 9.08. The molecule has 1 nitrogen and oxygen atoms in total. The number of fused-ring (bicyclic) bond motifs is 1.